The predicted octanol–water partition coefficient (Wildman–Crippen LogP) is 4.26. The Morgan fingerprint density at radius 3 is 2.95 bits per heavy atom. The van der Waals surface area contributed by atoms with Gasteiger partial charge in [-0.1, -0.05) is 23.9 Å². The number of rotatable bonds is 5. The van der Waals surface area contributed by atoms with Gasteiger partial charge in [-0.25, -0.2) is 9.97 Å². The van der Waals surface area contributed by atoms with Crippen molar-refractivity contribution in [3.8, 4) is 10.4 Å². The smallest absolute Gasteiger partial charge is 0.313 e. The molecule has 0 saturated heterocycles. The Bertz CT molecular complexity index is 833. The average Bonchev–Trinajstić information content (AvgIpc) is 2.97. The molecule has 3 aromatic rings. The van der Waals surface area contributed by atoms with E-state index in [-0.39, 0.29) is 5.75 Å². The largest absolute Gasteiger partial charge is 0.481 e. The summed E-state index contributed by atoms with van der Waals surface area (Å²) in [7, 11) is 0. The predicted molar refractivity (Wildman–Crippen MR) is 93.0 cm³/mol. The van der Waals surface area contributed by atoms with E-state index in [0.29, 0.717) is 0 Å². The van der Waals surface area contributed by atoms with Crippen LogP contribution in [0.5, 0.6) is 0 Å². The van der Waals surface area contributed by atoms with Crippen molar-refractivity contribution < 1.29 is 9.90 Å². The molecule has 0 saturated carbocycles. The Morgan fingerprint density at radius 1 is 1.32 bits per heavy atom. The summed E-state index contributed by atoms with van der Waals surface area (Å²) < 4.78 is 0. The minimum absolute atomic E-state index is 0.000741. The van der Waals surface area contributed by atoms with Crippen LogP contribution in [0.25, 0.3) is 20.7 Å². The maximum Gasteiger partial charge on any atom is 0.313 e. The van der Waals surface area contributed by atoms with Gasteiger partial charge in [-0.3, -0.25) is 4.79 Å². The molecular formula is C15H12N2O2S3. The zero-order chi connectivity index (χ0) is 15.5. The van der Waals surface area contributed by atoms with Crippen molar-refractivity contribution >= 4 is 51.0 Å². The number of aromatic nitrogens is 2. The molecule has 22 heavy (non-hydrogen) atoms. The van der Waals surface area contributed by atoms with E-state index in [1.807, 2.05) is 12.1 Å². The van der Waals surface area contributed by atoms with Gasteiger partial charge in [-0.15, -0.1) is 23.1 Å². The molecule has 0 aliphatic carbocycles. The highest BCUT2D eigenvalue weighted by atomic mass is 32.2. The van der Waals surface area contributed by atoms with Crippen LogP contribution in [0.15, 0.2) is 46.6 Å². The summed E-state index contributed by atoms with van der Waals surface area (Å²) >= 11 is 4.53. The molecule has 0 amide bonds. The molecule has 112 valence electrons. The Hall–Kier alpha value is -1.57. The van der Waals surface area contributed by atoms with Crippen LogP contribution in [0.4, 0.5) is 0 Å². The summed E-state index contributed by atoms with van der Waals surface area (Å²) in [6.45, 7) is 0. The van der Waals surface area contributed by atoms with Crippen LogP contribution < -0.4 is 0 Å². The number of hydrogen-bond donors (Lipinski definition) is 1. The molecule has 0 spiro atoms. The van der Waals surface area contributed by atoms with E-state index in [4.69, 9.17) is 5.11 Å². The lowest BCUT2D eigenvalue weighted by Gasteiger charge is -2.00. The first kappa shape index (κ1) is 15.3. The minimum Gasteiger partial charge on any atom is -0.481 e. The number of fused-ring (bicyclic) bond motifs is 1. The molecule has 0 fully saturated rings. The third-order valence-corrected chi connectivity index (χ3v) is 5.79. The van der Waals surface area contributed by atoms with Crippen LogP contribution in [0.3, 0.4) is 0 Å². The van der Waals surface area contributed by atoms with Gasteiger partial charge < -0.3 is 5.11 Å². The van der Waals surface area contributed by atoms with Crippen LogP contribution in [0.2, 0.25) is 0 Å². The lowest BCUT2D eigenvalue weighted by Crippen LogP contribution is -1.98. The normalized spacial score (nSPS) is 11.0. The van der Waals surface area contributed by atoms with Crippen molar-refractivity contribution in [3.05, 3.63) is 36.7 Å². The van der Waals surface area contributed by atoms with Gasteiger partial charge in [-0.2, -0.15) is 0 Å². The summed E-state index contributed by atoms with van der Waals surface area (Å²) in [6.07, 6.45) is 3.54. The van der Waals surface area contributed by atoms with Crippen molar-refractivity contribution in [1.29, 1.82) is 0 Å². The summed E-state index contributed by atoms with van der Waals surface area (Å²) in [5, 5.41) is 10.5. The molecule has 0 aliphatic rings. The summed E-state index contributed by atoms with van der Waals surface area (Å²) in [6, 6.07) is 10.4. The number of carbonyl (C=O) groups is 1. The summed E-state index contributed by atoms with van der Waals surface area (Å²) in [5.41, 5.74) is 1.14. The standard InChI is InChI=1S/C15H12N2O2S3/c1-20-10-4-2-3-9(5-10)12-6-11-14(21-7-13(18)19)16-8-17-15(11)22-12/h2-6,8H,7H2,1H3,(H,18,19). The van der Waals surface area contributed by atoms with Crippen molar-refractivity contribution in [2.24, 2.45) is 0 Å². The molecule has 0 bridgehead atoms. The monoisotopic (exact) mass is 348 g/mol. The van der Waals surface area contributed by atoms with Crippen LogP contribution in [-0.4, -0.2) is 33.1 Å². The van der Waals surface area contributed by atoms with Gasteiger partial charge in [0, 0.05) is 15.2 Å². The first-order valence-electron chi connectivity index (χ1n) is 6.41. The highest BCUT2D eigenvalue weighted by Crippen LogP contribution is 2.36. The van der Waals surface area contributed by atoms with Gasteiger partial charge in [-0.05, 0) is 30.0 Å². The first-order valence-corrected chi connectivity index (χ1v) is 9.43. The number of thiophene rings is 1. The number of nitrogens with zero attached hydrogens (tertiary/aromatic N) is 2. The van der Waals surface area contributed by atoms with E-state index in [1.54, 1.807) is 23.1 Å². The maximum atomic E-state index is 10.7. The third-order valence-electron chi connectivity index (χ3n) is 2.98. The second kappa shape index (κ2) is 6.68. The lowest BCUT2D eigenvalue weighted by atomic mass is 10.2. The van der Waals surface area contributed by atoms with Gasteiger partial charge in [0.25, 0.3) is 0 Å². The highest BCUT2D eigenvalue weighted by molar-refractivity contribution is 8.00. The first-order chi connectivity index (χ1) is 10.7. The van der Waals surface area contributed by atoms with Crippen molar-refractivity contribution in [2.75, 3.05) is 12.0 Å². The van der Waals surface area contributed by atoms with Crippen LogP contribution >= 0.6 is 34.9 Å². The van der Waals surface area contributed by atoms with E-state index in [1.165, 1.54) is 23.0 Å². The number of aliphatic carboxylic acids is 1. The number of thioether (sulfide) groups is 2. The zero-order valence-corrected chi connectivity index (χ0v) is 14.1. The average molecular weight is 348 g/mol. The summed E-state index contributed by atoms with van der Waals surface area (Å²) in [5.74, 6) is -0.848. The third kappa shape index (κ3) is 3.26. The van der Waals surface area contributed by atoms with Gasteiger partial charge >= 0.3 is 5.97 Å². The van der Waals surface area contributed by atoms with Gasteiger partial charge in [0.2, 0.25) is 0 Å². The lowest BCUT2D eigenvalue weighted by molar-refractivity contribution is -0.133. The van der Waals surface area contributed by atoms with Crippen molar-refractivity contribution in [3.63, 3.8) is 0 Å². The van der Waals surface area contributed by atoms with Gasteiger partial charge in [0.05, 0.1) is 5.75 Å². The quantitative estimate of drug-likeness (QED) is 0.549. The Kier molecular flexibility index (Phi) is 4.66. The van der Waals surface area contributed by atoms with Gasteiger partial charge in [0.1, 0.15) is 16.2 Å². The molecule has 0 unspecified atom stereocenters. The fraction of sp³-hybridized carbons (Fsp3) is 0.133. The fourth-order valence-electron chi connectivity index (χ4n) is 2.00. The Morgan fingerprint density at radius 2 is 2.18 bits per heavy atom. The molecular weight excluding hydrogens is 336 g/mol. The fourth-order valence-corrected chi connectivity index (χ4v) is 4.21. The Labute approximate surface area is 140 Å². The van der Waals surface area contributed by atoms with Crippen LogP contribution in [-0.2, 0) is 4.79 Å². The number of carboxylic acids is 1. The van der Waals surface area contributed by atoms with Crippen LogP contribution in [0, 0.1) is 0 Å². The molecule has 0 radical (unpaired) electrons. The van der Waals surface area contributed by atoms with E-state index in [0.717, 1.165) is 25.7 Å². The number of benzene rings is 1. The highest BCUT2D eigenvalue weighted by Gasteiger charge is 2.12. The molecule has 2 heterocycles. The molecule has 1 N–H and O–H groups in total. The molecule has 7 heteroatoms. The Balaban J connectivity index is 2.01. The molecule has 2 aromatic heterocycles. The molecule has 0 atom stereocenters. The van der Waals surface area contributed by atoms with E-state index < -0.39 is 5.97 Å². The zero-order valence-electron chi connectivity index (χ0n) is 11.6. The minimum atomic E-state index is -0.847. The summed E-state index contributed by atoms with van der Waals surface area (Å²) in [4.78, 5) is 22.5. The molecule has 4 nitrogen and oxygen atoms in total. The van der Waals surface area contributed by atoms with E-state index in [2.05, 4.69) is 34.4 Å². The number of hydrogen-bond acceptors (Lipinski definition) is 6. The van der Waals surface area contributed by atoms with Gasteiger partial charge in [0.15, 0.2) is 0 Å². The maximum absolute atomic E-state index is 10.7. The second-order valence-corrected chi connectivity index (χ2v) is 7.30. The second-order valence-electron chi connectivity index (χ2n) is 4.42. The SMILES string of the molecule is CSc1cccc(-c2cc3c(SCC(=O)O)ncnc3s2)c1. The van der Waals surface area contributed by atoms with Crippen molar-refractivity contribution in [1.82, 2.24) is 9.97 Å². The van der Waals surface area contributed by atoms with E-state index >= 15 is 0 Å². The van der Waals surface area contributed by atoms with E-state index in [9.17, 15) is 4.79 Å². The van der Waals surface area contributed by atoms with Crippen LogP contribution in [0.1, 0.15) is 0 Å². The molecule has 3 rings (SSSR count). The topological polar surface area (TPSA) is 63.1 Å². The van der Waals surface area contributed by atoms with Crippen molar-refractivity contribution in [2.45, 2.75) is 9.92 Å². The number of carboxylic acid groups (broad SMARTS) is 1. The molecule has 1 aromatic carbocycles. The molecule has 0 aliphatic heterocycles.